The third-order valence-corrected chi connectivity index (χ3v) is 4.41. The summed E-state index contributed by atoms with van der Waals surface area (Å²) in [4.78, 5) is 0. The lowest BCUT2D eigenvalue weighted by Gasteiger charge is -2.06. The summed E-state index contributed by atoms with van der Waals surface area (Å²) in [7, 11) is 0. The van der Waals surface area contributed by atoms with Gasteiger partial charge in [-0.1, -0.05) is 51.0 Å². The van der Waals surface area contributed by atoms with E-state index in [0.717, 1.165) is 73.1 Å². The fourth-order valence-corrected chi connectivity index (χ4v) is 2.74. The molecule has 0 aliphatic heterocycles. The third-order valence-electron chi connectivity index (χ3n) is 4.41. The van der Waals surface area contributed by atoms with E-state index in [2.05, 4.69) is 25.7 Å². The Kier molecular flexibility index (Phi) is 8.22. The van der Waals surface area contributed by atoms with Crippen molar-refractivity contribution in [1.82, 2.24) is 0 Å². The number of benzene rings is 2. The second kappa shape index (κ2) is 10.7. The predicted molar refractivity (Wildman–Crippen MR) is 107 cm³/mol. The van der Waals surface area contributed by atoms with Crippen LogP contribution in [0.1, 0.15) is 68.2 Å². The number of unbranched alkanes of at least 4 members (excludes halogenated alkanes) is 3. The van der Waals surface area contributed by atoms with Gasteiger partial charge in [0.1, 0.15) is 11.6 Å². The second-order valence-electron chi connectivity index (χ2n) is 6.69. The SMILES string of the molecule is CCCCCc1cc(C)c(C#Cc2ccc(OCCCC)cc2)cc1F. The van der Waals surface area contributed by atoms with Gasteiger partial charge in [-0.05, 0) is 67.6 Å². The summed E-state index contributed by atoms with van der Waals surface area (Å²) in [5.41, 5.74) is 3.49. The standard InChI is InChI=1S/C24H29FO/c1-4-6-8-9-22-17-19(3)21(18-24(22)25)13-10-20-11-14-23(15-12-20)26-16-7-5-2/h11-12,14-15,17-18H,4-9,16H2,1-3H3. The number of hydrogen-bond donors (Lipinski definition) is 0. The molecule has 0 fully saturated rings. The van der Waals surface area contributed by atoms with Crippen LogP contribution in [-0.4, -0.2) is 6.61 Å². The molecule has 0 saturated heterocycles. The van der Waals surface area contributed by atoms with Crippen LogP contribution in [0.4, 0.5) is 4.39 Å². The summed E-state index contributed by atoms with van der Waals surface area (Å²) in [6, 6.07) is 11.3. The number of hydrogen-bond acceptors (Lipinski definition) is 1. The van der Waals surface area contributed by atoms with E-state index in [1.807, 2.05) is 37.3 Å². The molecule has 138 valence electrons. The number of rotatable bonds is 8. The summed E-state index contributed by atoms with van der Waals surface area (Å²) < 4.78 is 20.0. The van der Waals surface area contributed by atoms with E-state index < -0.39 is 0 Å². The molecule has 0 N–H and O–H groups in total. The van der Waals surface area contributed by atoms with Gasteiger partial charge >= 0.3 is 0 Å². The van der Waals surface area contributed by atoms with Crippen molar-refractivity contribution < 1.29 is 9.13 Å². The minimum atomic E-state index is -0.143. The smallest absolute Gasteiger partial charge is 0.127 e. The zero-order valence-electron chi connectivity index (χ0n) is 16.2. The molecule has 0 aliphatic carbocycles. The maximum Gasteiger partial charge on any atom is 0.127 e. The number of ether oxygens (including phenoxy) is 1. The molecule has 0 aliphatic rings. The summed E-state index contributed by atoms with van der Waals surface area (Å²) in [6.07, 6.45) is 6.29. The van der Waals surface area contributed by atoms with E-state index in [4.69, 9.17) is 4.74 Å². The van der Waals surface area contributed by atoms with Crippen LogP contribution >= 0.6 is 0 Å². The summed E-state index contributed by atoms with van der Waals surface area (Å²) in [5.74, 6) is 6.95. The zero-order chi connectivity index (χ0) is 18.8. The molecule has 2 aromatic rings. The minimum absolute atomic E-state index is 0.143. The van der Waals surface area contributed by atoms with Gasteiger partial charge in [0.25, 0.3) is 0 Å². The quantitative estimate of drug-likeness (QED) is 0.392. The first-order valence-electron chi connectivity index (χ1n) is 9.68. The van der Waals surface area contributed by atoms with E-state index in [1.165, 1.54) is 0 Å². The molecular weight excluding hydrogens is 323 g/mol. The molecule has 0 radical (unpaired) electrons. The van der Waals surface area contributed by atoms with Crippen molar-refractivity contribution in [3.8, 4) is 17.6 Å². The van der Waals surface area contributed by atoms with Crippen LogP contribution < -0.4 is 4.74 Å². The first kappa shape index (κ1) is 20.0. The molecule has 0 atom stereocenters. The van der Waals surface area contributed by atoms with E-state index in [9.17, 15) is 4.39 Å². The van der Waals surface area contributed by atoms with Crippen molar-refractivity contribution in [3.05, 3.63) is 64.5 Å². The fourth-order valence-electron chi connectivity index (χ4n) is 2.74. The molecule has 1 nitrogen and oxygen atoms in total. The predicted octanol–water partition coefficient (Wildman–Crippen LogP) is 6.45. The Morgan fingerprint density at radius 2 is 1.65 bits per heavy atom. The molecule has 0 spiro atoms. The Morgan fingerprint density at radius 1 is 0.923 bits per heavy atom. The molecule has 0 saturated carbocycles. The molecule has 2 aromatic carbocycles. The van der Waals surface area contributed by atoms with Gasteiger partial charge in [0.15, 0.2) is 0 Å². The first-order valence-corrected chi connectivity index (χ1v) is 9.68. The van der Waals surface area contributed by atoms with E-state index in [1.54, 1.807) is 6.07 Å². The molecule has 2 rings (SSSR count). The van der Waals surface area contributed by atoms with Crippen LogP contribution in [0, 0.1) is 24.6 Å². The van der Waals surface area contributed by atoms with Crippen molar-refractivity contribution in [2.75, 3.05) is 6.61 Å². The highest BCUT2D eigenvalue weighted by Crippen LogP contribution is 2.18. The monoisotopic (exact) mass is 352 g/mol. The average molecular weight is 352 g/mol. The zero-order valence-corrected chi connectivity index (χ0v) is 16.2. The Balaban J connectivity index is 2.05. The Hall–Kier alpha value is -2.27. The summed E-state index contributed by atoms with van der Waals surface area (Å²) in [6.45, 7) is 7.04. The van der Waals surface area contributed by atoms with Crippen molar-refractivity contribution in [3.63, 3.8) is 0 Å². The van der Waals surface area contributed by atoms with Crippen LogP contribution in [-0.2, 0) is 6.42 Å². The molecule has 0 unspecified atom stereocenters. The summed E-state index contributed by atoms with van der Waals surface area (Å²) in [5, 5.41) is 0. The highest BCUT2D eigenvalue weighted by atomic mass is 19.1. The van der Waals surface area contributed by atoms with Crippen molar-refractivity contribution in [2.45, 2.75) is 59.3 Å². The van der Waals surface area contributed by atoms with Crippen molar-refractivity contribution >= 4 is 0 Å². The van der Waals surface area contributed by atoms with Gasteiger partial charge in [-0.25, -0.2) is 4.39 Å². The minimum Gasteiger partial charge on any atom is -0.494 e. The molecule has 0 heterocycles. The number of halogens is 1. The average Bonchev–Trinajstić information content (AvgIpc) is 2.64. The summed E-state index contributed by atoms with van der Waals surface area (Å²) >= 11 is 0. The Labute approximate surface area is 157 Å². The maximum absolute atomic E-state index is 14.3. The van der Waals surface area contributed by atoms with E-state index in [-0.39, 0.29) is 5.82 Å². The van der Waals surface area contributed by atoms with Crippen molar-refractivity contribution in [1.29, 1.82) is 0 Å². The van der Waals surface area contributed by atoms with Gasteiger partial charge in [-0.2, -0.15) is 0 Å². The fraction of sp³-hybridized carbons (Fsp3) is 0.417. The van der Waals surface area contributed by atoms with Crippen LogP contribution in [0.3, 0.4) is 0 Å². The van der Waals surface area contributed by atoms with Gasteiger partial charge in [-0.3, -0.25) is 0 Å². The Bertz CT molecular complexity index is 750. The molecule has 2 heteroatoms. The molecular formula is C24H29FO. The van der Waals surface area contributed by atoms with Gasteiger partial charge in [0, 0.05) is 11.1 Å². The highest BCUT2D eigenvalue weighted by molar-refractivity contribution is 5.48. The van der Waals surface area contributed by atoms with E-state index >= 15 is 0 Å². The highest BCUT2D eigenvalue weighted by Gasteiger charge is 2.06. The van der Waals surface area contributed by atoms with Crippen LogP contribution in [0.25, 0.3) is 0 Å². The lowest BCUT2D eigenvalue weighted by atomic mass is 10.0. The van der Waals surface area contributed by atoms with Crippen LogP contribution in [0.15, 0.2) is 36.4 Å². The van der Waals surface area contributed by atoms with Gasteiger partial charge in [-0.15, -0.1) is 0 Å². The lowest BCUT2D eigenvalue weighted by Crippen LogP contribution is -1.96. The molecule has 0 aromatic heterocycles. The Morgan fingerprint density at radius 3 is 2.35 bits per heavy atom. The van der Waals surface area contributed by atoms with E-state index in [0.29, 0.717) is 0 Å². The topological polar surface area (TPSA) is 9.23 Å². The van der Waals surface area contributed by atoms with Gasteiger partial charge in [0.05, 0.1) is 6.61 Å². The normalized spacial score (nSPS) is 10.3. The van der Waals surface area contributed by atoms with Gasteiger partial charge < -0.3 is 4.74 Å². The molecule has 26 heavy (non-hydrogen) atoms. The lowest BCUT2D eigenvalue weighted by molar-refractivity contribution is 0.309. The molecule has 0 bridgehead atoms. The molecule has 0 amide bonds. The largest absolute Gasteiger partial charge is 0.494 e. The van der Waals surface area contributed by atoms with Crippen molar-refractivity contribution in [2.24, 2.45) is 0 Å². The third kappa shape index (κ3) is 6.23. The first-order chi connectivity index (χ1) is 12.6. The number of aryl methyl sites for hydroxylation is 2. The van der Waals surface area contributed by atoms with Crippen LogP contribution in [0.5, 0.6) is 5.75 Å². The maximum atomic E-state index is 14.3. The second-order valence-corrected chi connectivity index (χ2v) is 6.69. The van der Waals surface area contributed by atoms with Crippen LogP contribution in [0.2, 0.25) is 0 Å². The van der Waals surface area contributed by atoms with Gasteiger partial charge in [0.2, 0.25) is 0 Å².